The van der Waals surface area contributed by atoms with E-state index in [1.165, 1.54) is 24.8 Å². The zero-order valence-electron chi connectivity index (χ0n) is 18.4. The van der Waals surface area contributed by atoms with E-state index in [9.17, 15) is 23.9 Å². The molecule has 0 spiro atoms. The van der Waals surface area contributed by atoms with Crippen molar-refractivity contribution < 1.29 is 28.6 Å². The van der Waals surface area contributed by atoms with Crippen molar-refractivity contribution in [3.63, 3.8) is 0 Å². The van der Waals surface area contributed by atoms with Crippen molar-refractivity contribution in [2.75, 3.05) is 18.0 Å². The standard InChI is InChI=1S/C23H27FN4O5/c1-13(29)21(22(25)31)27-10-15-3-5-16(6-4-15)19-8-7-17(9-20(19)24)28-12-18(33-23(28)32)11-26-14(2)30/h3-9,13,18,21,27,29H,10-12H2,1-2H3,(H2,25,31)(H,26,30)/t13-,18-,21-/m0/s1. The molecule has 3 amide bonds. The maximum atomic E-state index is 14.9. The van der Waals surface area contributed by atoms with Gasteiger partial charge in [-0.25, -0.2) is 9.18 Å². The summed E-state index contributed by atoms with van der Waals surface area (Å²) in [7, 11) is 0. The largest absolute Gasteiger partial charge is 0.442 e. The minimum absolute atomic E-state index is 0.191. The Morgan fingerprint density at radius 1 is 1.27 bits per heavy atom. The molecule has 3 atom stereocenters. The number of primary amides is 1. The van der Waals surface area contributed by atoms with Crippen LogP contribution in [0.25, 0.3) is 11.1 Å². The fraction of sp³-hybridized carbons (Fsp3) is 0.348. The summed E-state index contributed by atoms with van der Waals surface area (Å²) in [4.78, 5) is 35.9. The number of benzene rings is 2. The number of hydrogen-bond donors (Lipinski definition) is 4. The molecule has 3 rings (SSSR count). The summed E-state index contributed by atoms with van der Waals surface area (Å²) in [5.41, 5.74) is 7.45. The summed E-state index contributed by atoms with van der Waals surface area (Å²) >= 11 is 0. The third-order valence-electron chi connectivity index (χ3n) is 5.30. The van der Waals surface area contributed by atoms with E-state index in [1.807, 2.05) is 0 Å². The summed E-state index contributed by atoms with van der Waals surface area (Å²) in [5, 5.41) is 15.1. The SMILES string of the molecule is CC(=O)NC[C@H]1CN(c2ccc(-c3ccc(CN[C@H](C(N)=O)[C@H](C)O)cc3)c(F)c2)C(=O)O1. The first-order chi connectivity index (χ1) is 15.7. The normalized spacial score (nSPS) is 17.4. The fourth-order valence-electron chi connectivity index (χ4n) is 3.54. The molecule has 1 heterocycles. The molecular formula is C23H27FN4O5. The lowest BCUT2D eigenvalue weighted by Gasteiger charge is -2.18. The van der Waals surface area contributed by atoms with Crippen LogP contribution in [0.1, 0.15) is 19.4 Å². The second-order valence-electron chi connectivity index (χ2n) is 7.92. The number of aliphatic hydroxyl groups excluding tert-OH is 1. The van der Waals surface area contributed by atoms with Crippen LogP contribution in [0.5, 0.6) is 0 Å². The fourth-order valence-corrected chi connectivity index (χ4v) is 3.54. The number of ether oxygens (including phenoxy) is 1. The van der Waals surface area contributed by atoms with Gasteiger partial charge in [0.2, 0.25) is 11.8 Å². The van der Waals surface area contributed by atoms with Gasteiger partial charge in [0.25, 0.3) is 0 Å². The molecule has 0 aliphatic carbocycles. The van der Waals surface area contributed by atoms with Gasteiger partial charge in [0.05, 0.1) is 24.9 Å². The molecule has 1 fully saturated rings. The molecule has 2 aromatic carbocycles. The summed E-state index contributed by atoms with van der Waals surface area (Å²) in [6, 6.07) is 10.7. The first-order valence-electron chi connectivity index (χ1n) is 10.5. The predicted octanol–water partition coefficient (Wildman–Crippen LogP) is 1.28. The second-order valence-corrected chi connectivity index (χ2v) is 7.92. The van der Waals surface area contributed by atoms with Gasteiger partial charge in [-0.05, 0) is 36.2 Å². The van der Waals surface area contributed by atoms with E-state index in [2.05, 4.69) is 10.6 Å². The highest BCUT2D eigenvalue weighted by Gasteiger charge is 2.32. The summed E-state index contributed by atoms with van der Waals surface area (Å²) in [5.74, 6) is -1.37. The van der Waals surface area contributed by atoms with Gasteiger partial charge >= 0.3 is 6.09 Å². The van der Waals surface area contributed by atoms with Gasteiger partial charge in [0.15, 0.2) is 0 Å². The molecule has 5 N–H and O–H groups in total. The van der Waals surface area contributed by atoms with E-state index < -0.39 is 36.1 Å². The Balaban J connectivity index is 1.67. The zero-order chi connectivity index (χ0) is 24.1. The van der Waals surface area contributed by atoms with Crippen LogP contribution >= 0.6 is 0 Å². The van der Waals surface area contributed by atoms with E-state index in [4.69, 9.17) is 10.5 Å². The molecule has 0 aromatic heterocycles. The number of nitrogens with one attached hydrogen (secondary N) is 2. The van der Waals surface area contributed by atoms with Crippen molar-refractivity contribution in [2.45, 2.75) is 38.6 Å². The number of aliphatic hydroxyl groups is 1. The number of nitrogens with two attached hydrogens (primary N) is 1. The predicted molar refractivity (Wildman–Crippen MR) is 120 cm³/mol. The first-order valence-corrected chi connectivity index (χ1v) is 10.5. The highest BCUT2D eigenvalue weighted by Crippen LogP contribution is 2.29. The average Bonchev–Trinajstić information content (AvgIpc) is 3.13. The molecule has 10 heteroatoms. The smallest absolute Gasteiger partial charge is 0.414 e. The van der Waals surface area contributed by atoms with Gasteiger partial charge in [-0.1, -0.05) is 24.3 Å². The van der Waals surface area contributed by atoms with E-state index in [0.29, 0.717) is 23.4 Å². The number of rotatable bonds is 9. The molecule has 176 valence electrons. The van der Waals surface area contributed by atoms with Crippen molar-refractivity contribution >= 4 is 23.6 Å². The van der Waals surface area contributed by atoms with E-state index in [-0.39, 0.29) is 19.0 Å². The molecule has 0 radical (unpaired) electrons. The molecular weight excluding hydrogens is 431 g/mol. The van der Waals surface area contributed by atoms with Gasteiger partial charge in [-0.3, -0.25) is 19.8 Å². The Labute approximate surface area is 190 Å². The minimum atomic E-state index is -0.928. The first kappa shape index (κ1) is 24.1. The van der Waals surface area contributed by atoms with Gasteiger partial charge in [-0.15, -0.1) is 0 Å². The lowest BCUT2D eigenvalue weighted by molar-refractivity contribution is -0.122. The van der Waals surface area contributed by atoms with Crippen LogP contribution in [0.2, 0.25) is 0 Å². The molecule has 0 bridgehead atoms. The van der Waals surface area contributed by atoms with Gasteiger partial charge in [0.1, 0.15) is 18.0 Å². The molecule has 1 saturated heterocycles. The number of halogens is 1. The highest BCUT2D eigenvalue weighted by molar-refractivity contribution is 5.90. The quantitative estimate of drug-likeness (QED) is 0.447. The number of anilines is 1. The van der Waals surface area contributed by atoms with Gasteiger partial charge in [-0.2, -0.15) is 0 Å². The number of cyclic esters (lactones) is 1. The third kappa shape index (κ3) is 6.05. The van der Waals surface area contributed by atoms with Crippen LogP contribution in [-0.2, 0) is 20.9 Å². The van der Waals surface area contributed by atoms with Crippen LogP contribution in [-0.4, -0.2) is 54.4 Å². The van der Waals surface area contributed by atoms with Crippen LogP contribution in [0, 0.1) is 5.82 Å². The van der Waals surface area contributed by atoms with Crippen LogP contribution in [0.4, 0.5) is 14.9 Å². The molecule has 1 aliphatic rings. The van der Waals surface area contributed by atoms with Crippen molar-refractivity contribution in [3.8, 4) is 11.1 Å². The van der Waals surface area contributed by atoms with Gasteiger partial charge < -0.3 is 20.9 Å². The third-order valence-corrected chi connectivity index (χ3v) is 5.30. The maximum absolute atomic E-state index is 14.9. The Morgan fingerprint density at radius 2 is 1.97 bits per heavy atom. The van der Waals surface area contributed by atoms with Crippen molar-refractivity contribution in [2.24, 2.45) is 5.73 Å². The van der Waals surface area contributed by atoms with Crippen molar-refractivity contribution in [3.05, 3.63) is 53.8 Å². The van der Waals surface area contributed by atoms with Crippen LogP contribution in [0.3, 0.4) is 0 Å². The molecule has 0 unspecified atom stereocenters. The lowest BCUT2D eigenvalue weighted by atomic mass is 10.0. The minimum Gasteiger partial charge on any atom is -0.442 e. The molecule has 0 saturated carbocycles. The van der Waals surface area contributed by atoms with Crippen LogP contribution < -0.4 is 21.3 Å². The average molecular weight is 458 g/mol. The molecule has 33 heavy (non-hydrogen) atoms. The van der Waals surface area contributed by atoms with Gasteiger partial charge in [0, 0.05) is 19.0 Å². The number of carbonyl (C=O) groups excluding carboxylic acids is 3. The summed E-state index contributed by atoms with van der Waals surface area (Å²) < 4.78 is 20.1. The highest BCUT2D eigenvalue weighted by atomic mass is 19.1. The van der Waals surface area contributed by atoms with E-state index >= 15 is 0 Å². The Kier molecular flexibility index (Phi) is 7.62. The monoisotopic (exact) mass is 458 g/mol. The second kappa shape index (κ2) is 10.4. The van der Waals surface area contributed by atoms with Crippen molar-refractivity contribution in [1.29, 1.82) is 0 Å². The molecule has 9 nitrogen and oxygen atoms in total. The Morgan fingerprint density at radius 3 is 2.55 bits per heavy atom. The lowest BCUT2D eigenvalue weighted by Crippen LogP contribution is -2.47. The topological polar surface area (TPSA) is 134 Å². The number of carbonyl (C=O) groups is 3. The summed E-state index contributed by atoms with van der Waals surface area (Å²) in [6.07, 6.45) is -2.03. The number of amides is 3. The number of hydrogen-bond acceptors (Lipinski definition) is 6. The van der Waals surface area contributed by atoms with E-state index in [0.717, 1.165) is 5.56 Å². The van der Waals surface area contributed by atoms with E-state index in [1.54, 1.807) is 36.4 Å². The zero-order valence-corrected chi connectivity index (χ0v) is 18.4. The van der Waals surface area contributed by atoms with Crippen molar-refractivity contribution in [1.82, 2.24) is 10.6 Å². The summed E-state index contributed by atoms with van der Waals surface area (Å²) in [6.45, 7) is 3.55. The number of nitrogens with zero attached hydrogens (tertiary/aromatic N) is 1. The maximum Gasteiger partial charge on any atom is 0.414 e. The Bertz CT molecular complexity index is 1030. The molecule has 1 aliphatic heterocycles. The Hall–Kier alpha value is -3.50. The molecule has 2 aromatic rings. The van der Waals surface area contributed by atoms with Crippen LogP contribution in [0.15, 0.2) is 42.5 Å².